The number of hydrogen-bond acceptors (Lipinski definition) is 3. The van der Waals surface area contributed by atoms with Gasteiger partial charge in [0.1, 0.15) is 5.69 Å². The third-order valence-electron chi connectivity index (χ3n) is 5.09. The summed E-state index contributed by atoms with van der Waals surface area (Å²) in [5.41, 5.74) is 4.85. The number of rotatable bonds is 6. The molecule has 5 nitrogen and oxygen atoms in total. The van der Waals surface area contributed by atoms with Gasteiger partial charge in [-0.25, -0.2) is 0 Å². The van der Waals surface area contributed by atoms with Crippen molar-refractivity contribution < 1.29 is 9.59 Å². The van der Waals surface area contributed by atoms with E-state index in [4.69, 9.17) is 0 Å². The minimum Gasteiger partial charge on any atom is -0.352 e. The van der Waals surface area contributed by atoms with Crippen LogP contribution in [0, 0.1) is 13.8 Å². The van der Waals surface area contributed by atoms with Crippen LogP contribution >= 0.6 is 0 Å². The predicted octanol–water partition coefficient (Wildman–Crippen LogP) is 4.57. The number of allylic oxidation sites excluding steroid dienone is 1. The van der Waals surface area contributed by atoms with E-state index < -0.39 is 0 Å². The van der Waals surface area contributed by atoms with Crippen LogP contribution in [0.1, 0.15) is 64.1 Å². The molecule has 0 spiro atoms. The van der Waals surface area contributed by atoms with E-state index in [1.807, 2.05) is 32.0 Å². The lowest BCUT2D eigenvalue weighted by Crippen LogP contribution is -2.25. The molecule has 2 amide bonds. The summed E-state index contributed by atoms with van der Waals surface area (Å²) in [6, 6.07) is 9.01. The zero-order chi connectivity index (χ0) is 19.9. The predicted molar refractivity (Wildman–Crippen MR) is 112 cm³/mol. The van der Waals surface area contributed by atoms with Gasteiger partial charge in [0, 0.05) is 24.0 Å². The van der Waals surface area contributed by atoms with E-state index in [0.29, 0.717) is 12.1 Å². The average molecular weight is 377 g/mol. The first-order chi connectivity index (χ1) is 13.5. The number of carbonyl (C=O) groups is 2. The molecule has 0 fully saturated rings. The molecule has 3 rings (SSSR count). The van der Waals surface area contributed by atoms with E-state index in [2.05, 4.69) is 21.7 Å². The number of carbonyl (C=O) groups excluding carboxylic acids is 2. The molecule has 1 aliphatic carbocycles. The summed E-state index contributed by atoms with van der Waals surface area (Å²) in [6.45, 7) is 4.50. The molecule has 28 heavy (non-hydrogen) atoms. The molecular weight excluding hydrogens is 350 g/mol. The van der Waals surface area contributed by atoms with Gasteiger partial charge in [-0.05, 0) is 69.2 Å². The Morgan fingerprint density at radius 1 is 1.07 bits per heavy atom. The van der Waals surface area contributed by atoms with Crippen molar-refractivity contribution in [2.45, 2.75) is 46.0 Å². The second-order valence-electron chi connectivity index (χ2n) is 7.26. The Kier molecular flexibility index (Phi) is 6.58. The van der Waals surface area contributed by atoms with E-state index in [1.54, 1.807) is 6.07 Å². The Balaban J connectivity index is 1.61. The molecule has 5 heteroatoms. The van der Waals surface area contributed by atoms with Crippen molar-refractivity contribution >= 4 is 17.5 Å². The summed E-state index contributed by atoms with van der Waals surface area (Å²) in [6.07, 6.45) is 9.45. The van der Waals surface area contributed by atoms with Gasteiger partial charge in [0.25, 0.3) is 11.8 Å². The maximum Gasteiger partial charge on any atom is 0.274 e. The molecule has 0 atom stereocenters. The molecule has 1 aromatic carbocycles. The second kappa shape index (κ2) is 9.31. The standard InChI is InChI=1S/C23H27N3O2/c1-16-7-6-8-17(2)21(16)26-23(28)20-15-19(12-14-24-20)22(27)25-13-11-18-9-4-3-5-10-18/h6-9,12,14-15H,3-5,10-11,13H2,1-2H3,(H,25,27)(H,26,28). The van der Waals surface area contributed by atoms with E-state index >= 15 is 0 Å². The number of nitrogens with one attached hydrogen (secondary N) is 2. The Bertz CT molecular complexity index is 882. The van der Waals surface area contributed by atoms with E-state index in [0.717, 1.165) is 36.1 Å². The summed E-state index contributed by atoms with van der Waals surface area (Å²) < 4.78 is 0. The summed E-state index contributed by atoms with van der Waals surface area (Å²) in [5.74, 6) is -0.501. The normalized spacial score (nSPS) is 13.6. The van der Waals surface area contributed by atoms with Gasteiger partial charge in [0.05, 0.1) is 0 Å². The van der Waals surface area contributed by atoms with E-state index in [-0.39, 0.29) is 17.5 Å². The van der Waals surface area contributed by atoms with Crippen LogP contribution in [-0.4, -0.2) is 23.3 Å². The molecule has 146 valence electrons. The summed E-state index contributed by atoms with van der Waals surface area (Å²) in [7, 11) is 0. The Labute approximate surface area is 166 Å². The Morgan fingerprint density at radius 2 is 1.86 bits per heavy atom. The van der Waals surface area contributed by atoms with Gasteiger partial charge in [-0.2, -0.15) is 0 Å². The van der Waals surface area contributed by atoms with Crippen molar-refractivity contribution in [3.8, 4) is 0 Å². The topological polar surface area (TPSA) is 71.1 Å². The minimum absolute atomic E-state index is 0.181. The SMILES string of the molecule is Cc1cccc(C)c1NC(=O)c1cc(C(=O)NCCC2=CCCCC2)ccn1. The van der Waals surface area contributed by atoms with Crippen molar-refractivity contribution in [1.82, 2.24) is 10.3 Å². The monoisotopic (exact) mass is 377 g/mol. The second-order valence-corrected chi connectivity index (χ2v) is 7.26. The van der Waals surface area contributed by atoms with E-state index in [1.165, 1.54) is 30.7 Å². The highest BCUT2D eigenvalue weighted by molar-refractivity contribution is 6.05. The molecule has 0 saturated heterocycles. The van der Waals surface area contributed by atoms with Crippen molar-refractivity contribution in [1.29, 1.82) is 0 Å². The van der Waals surface area contributed by atoms with Crippen LogP contribution in [0.5, 0.6) is 0 Å². The molecule has 2 N–H and O–H groups in total. The number of amides is 2. The number of benzene rings is 1. The molecule has 0 radical (unpaired) electrons. The number of hydrogen-bond donors (Lipinski definition) is 2. The Morgan fingerprint density at radius 3 is 2.57 bits per heavy atom. The lowest BCUT2D eigenvalue weighted by Gasteiger charge is -2.13. The quantitative estimate of drug-likeness (QED) is 0.724. The van der Waals surface area contributed by atoms with Crippen molar-refractivity contribution in [3.05, 3.63) is 70.6 Å². The Hall–Kier alpha value is -2.95. The van der Waals surface area contributed by atoms with Crippen LogP contribution in [0.25, 0.3) is 0 Å². The highest BCUT2D eigenvalue weighted by Gasteiger charge is 2.14. The number of para-hydroxylation sites is 1. The van der Waals surface area contributed by atoms with Crippen molar-refractivity contribution in [2.75, 3.05) is 11.9 Å². The van der Waals surface area contributed by atoms with Gasteiger partial charge in [0.15, 0.2) is 0 Å². The number of pyridine rings is 1. The highest BCUT2D eigenvalue weighted by atomic mass is 16.2. The zero-order valence-corrected chi connectivity index (χ0v) is 16.5. The molecular formula is C23H27N3O2. The number of aromatic nitrogens is 1. The van der Waals surface area contributed by atoms with Crippen LogP contribution in [0.4, 0.5) is 5.69 Å². The molecule has 0 bridgehead atoms. The van der Waals surface area contributed by atoms with Gasteiger partial charge in [-0.1, -0.05) is 29.8 Å². The van der Waals surface area contributed by atoms with Crippen LogP contribution in [0.3, 0.4) is 0 Å². The fraction of sp³-hybridized carbons (Fsp3) is 0.348. The first-order valence-electron chi connectivity index (χ1n) is 9.84. The first-order valence-corrected chi connectivity index (χ1v) is 9.84. The highest BCUT2D eigenvalue weighted by Crippen LogP contribution is 2.21. The molecule has 2 aromatic rings. The van der Waals surface area contributed by atoms with Crippen LogP contribution in [0.2, 0.25) is 0 Å². The fourth-order valence-electron chi connectivity index (χ4n) is 3.46. The summed E-state index contributed by atoms with van der Waals surface area (Å²) in [5, 5.41) is 5.85. The van der Waals surface area contributed by atoms with Gasteiger partial charge in [-0.15, -0.1) is 0 Å². The maximum atomic E-state index is 12.6. The zero-order valence-electron chi connectivity index (χ0n) is 16.5. The lowest BCUT2D eigenvalue weighted by atomic mass is 9.97. The summed E-state index contributed by atoms with van der Waals surface area (Å²) in [4.78, 5) is 29.2. The number of aryl methyl sites for hydroxylation is 2. The van der Waals surface area contributed by atoms with Gasteiger partial charge < -0.3 is 10.6 Å². The fourth-order valence-corrected chi connectivity index (χ4v) is 3.46. The lowest BCUT2D eigenvalue weighted by molar-refractivity contribution is 0.0954. The summed E-state index contributed by atoms with van der Waals surface area (Å²) >= 11 is 0. The van der Waals surface area contributed by atoms with Crippen LogP contribution in [0.15, 0.2) is 48.2 Å². The maximum absolute atomic E-state index is 12.6. The molecule has 0 unspecified atom stereocenters. The number of nitrogens with zero attached hydrogens (tertiary/aromatic N) is 1. The minimum atomic E-state index is -0.320. The van der Waals surface area contributed by atoms with Crippen LogP contribution < -0.4 is 10.6 Å². The molecule has 0 saturated carbocycles. The third kappa shape index (κ3) is 5.06. The van der Waals surface area contributed by atoms with Gasteiger partial charge in [-0.3, -0.25) is 14.6 Å². The molecule has 1 heterocycles. The largest absolute Gasteiger partial charge is 0.352 e. The molecule has 0 aliphatic heterocycles. The van der Waals surface area contributed by atoms with Gasteiger partial charge in [0.2, 0.25) is 0 Å². The average Bonchev–Trinajstić information content (AvgIpc) is 2.71. The van der Waals surface area contributed by atoms with Gasteiger partial charge >= 0.3 is 0 Å². The smallest absolute Gasteiger partial charge is 0.274 e. The molecule has 1 aliphatic rings. The first kappa shape index (κ1) is 19.8. The number of anilines is 1. The molecule has 1 aromatic heterocycles. The van der Waals surface area contributed by atoms with E-state index in [9.17, 15) is 9.59 Å². The van der Waals surface area contributed by atoms with Crippen molar-refractivity contribution in [3.63, 3.8) is 0 Å². The van der Waals surface area contributed by atoms with Crippen LogP contribution in [-0.2, 0) is 0 Å². The third-order valence-corrected chi connectivity index (χ3v) is 5.09. The van der Waals surface area contributed by atoms with Crippen molar-refractivity contribution in [2.24, 2.45) is 0 Å².